The van der Waals surface area contributed by atoms with E-state index >= 15 is 0 Å². The molecule has 0 radical (unpaired) electrons. The van der Waals surface area contributed by atoms with Crippen LogP contribution in [0.25, 0.3) is 0 Å². The van der Waals surface area contributed by atoms with E-state index in [0.29, 0.717) is 30.4 Å². The number of nitrogens with one attached hydrogen (secondary N) is 2. The zero-order chi connectivity index (χ0) is 23.4. The Morgan fingerprint density at radius 3 is 2.58 bits per heavy atom. The van der Waals surface area contributed by atoms with Crippen molar-refractivity contribution in [1.82, 2.24) is 10.6 Å². The third kappa shape index (κ3) is 5.55. The fourth-order valence-corrected chi connectivity index (χ4v) is 4.32. The summed E-state index contributed by atoms with van der Waals surface area (Å²) < 4.78 is 16.3. The minimum atomic E-state index is -1.16. The number of hydrogen-bond acceptors (Lipinski definition) is 7. The normalized spacial score (nSPS) is 21.3. The van der Waals surface area contributed by atoms with E-state index in [1.165, 1.54) is 11.8 Å². The lowest BCUT2D eigenvalue weighted by molar-refractivity contribution is -0.158. The Bertz CT molecular complexity index is 929. The number of rotatable bonds is 5. The van der Waals surface area contributed by atoms with Crippen LogP contribution in [0.4, 0.5) is 10.5 Å². The number of carbonyl (C=O) groups excluding carboxylic acids is 4. The molecule has 1 aromatic rings. The number of fused-ring (bicyclic) bond motifs is 1. The van der Waals surface area contributed by atoms with Gasteiger partial charge in [-0.1, -0.05) is 19.3 Å². The molecule has 2 aliphatic heterocycles. The molecule has 0 aromatic heterocycles. The molecule has 2 fully saturated rings. The number of anilines is 1. The van der Waals surface area contributed by atoms with Crippen LogP contribution in [-0.2, 0) is 19.1 Å². The Labute approximate surface area is 191 Å². The van der Waals surface area contributed by atoms with Gasteiger partial charge in [-0.15, -0.1) is 0 Å². The molecule has 3 aliphatic rings. The smallest absolute Gasteiger partial charge is 0.321 e. The van der Waals surface area contributed by atoms with E-state index in [1.54, 1.807) is 18.2 Å². The number of nitrogens with zero attached hydrogens (tertiary/aromatic N) is 1. The summed E-state index contributed by atoms with van der Waals surface area (Å²) in [4.78, 5) is 50.9. The molecular weight excluding hydrogens is 430 g/mol. The molecular formula is C23H29N3O7. The highest BCUT2D eigenvalue weighted by Gasteiger charge is 2.38. The third-order valence-corrected chi connectivity index (χ3v) is 6.14. The highest BCUT2D eigenvalue weighted by atomic mass is 16.6. The molecule has 33 heavy (non-hydrogen) atoms. The number of benzene rings is 1. The topological polar surface area (TPSA) is 123 Å². The molecule has 2 unspecified atom stereocenters. The van der Waals surface area contributed by atoms with Crippen LogP contribution in [0, 0.1) is 5.92 Å². The minimum absolute atomic E-state index is 0.0240. The molecule has 2 N–H and O–H groups in total. The summed E-state index contributed by atoms with van der Waals surface area (Å²) in [6.45, 7) is 2.43. The summed E-state index contributed by atoms with van der Waals surface area (Å²) in [6, 6.07) is 4.64. The lowest BCUT2D eigenvalue weighted by Gasteiger charge is -2.23. The number of ether oxygens (including phenoxy) is 3. The van der Waals surface area contributed by atoms with Crippen molar-refractivity contribution in [3.05, 3.63) is 18.2 Å². The number of urea groups is 1. The van der Waals surface area contributed by atoms with Crippen LogP contribution < -0.4 is 25.0 Å². The molecule has 0 spiro atoms. The highest BCUT2D eigenvalue weighted by molar-refractivity contribution is 6.01. The summed E-state index contributed by atoms with van der Waals surface area (Å²) in [5, 5.41) is 5.01. The summed E-state index contributed by atoms with van der Waals surface area (Å²) in [5.74, 6) is -1.13. The summed E-state index contributed by atoms with van der Waals surface area (Å²) in [7, 11) is 0. The predicted molar refractivity (Wildman–Crippen MR) is 117 cm³/mol. The minimum Gasteiger partial charge on any atom is -0.486 e. The molecule has 1 aromatic carbocycles. The second-order valence-corrected chi connectivity index (χ2v) is 8.61. The van der Waals surface area contributed by atoms with Crippen LogP contribution in [0.15, 0.2) is 18.2 Å². The van der Waals surface area contributed by atoms with Crippen molar-refractivity contribution < 1.29 is 33.4 Å². The SMILES string of the molecule is CC(OC(=O)C1CC(=O)N(c2ccc3c(c2)OCCO3)C1)C(=O)NC(=O)NC1CCCCC1. The van der Waals surface area contributed by atoms with Crippen LogP contribution >= 0.6 is 0 Å². The number of amides is 4. The van der Waals surface area contributed by atoms with E-state index < -0.39 is 29.9 Å². The van der Waals surface area contributed by atoms with Crippen LogP contribution in [0.2, 0.25) is 0 Å². The first-order chi connectivity index (χ1) is 15.9. The Morgan fingerprint density at radius 2 is 1.82 bits per heavy atom. The number of carbonyl (C=O) groups is 4. The van der Waals surface area contributed by atoms with Gasteiger partial charge in [0.05, 0.1) is 5.92 Å². The number of esters is 1. The van der Waals surface area contributed by atoms with Gasteiger partial charge in [0, 0.05) is 30.8 Å². The van der Waals surface area contributed by atoms with E-state index in [2.05, 4.69) is 10.6 Å². The summed E-state index contributed by atoms with van der Waals surface area (Å²) in [6.07, 6.45) is 3.86. The third-order valence-electron chi connectivity index (χ3n) is 6.14. The van der Waals surface area contributed by atoms with E-state index in [0.717, 1.165) is 32.1 Å². The molecule has 4 amide bonds. The summed E-state index contributed by atoms with van der Waals surface area (Å²) >= 11 is 0. The lowest BCUT2D eigenvalue weighted by Crippen LogP contribution is -2.48. The van der Waals surface area contributed by atoms with Gasteiger partial charge in [-0.25, -0.2) is 4.79 Å². The molecule has 2 atom stereocenters. The maximum atomic E-state index is 12.6. The molecule has 0 bridgehead atoms. The largest absolute Gasteiger partial charge is 0.486 e. The fourth-order valence-electron chi connectivity index (χ4n) is 4.32. The van der Waals surface area contributed by atoms with Gasteiger partial charge in [-0.05, 0) is 31.9 Å². The maximum Gasteiger partial charge on any atom is 0.321 e. The second kappa shape index (κ2) is 10.1. The van der Waals surface area contributed by atoms with Gasteiger partial charge in [0.25, 0.3) is 5.91 Å². The Morgan fingerprint density at radius 1 is 1.09 bits per heavy atom. The van der Waals surface area contributed by atoms with E-state index in [-0.39, 0.29) is 24.9 Å². The standard InChI is InChI=1S/C23H29N3O7/c1-14(21(28)25-23(30)24-16-5-3-2-4-6-16)33-22(29)15-11-20(27)26(13-15)17-7-8-18-19(12-17)32-10-9-31-18/h7-8,12,14-16H,2-6,9-11,13H2,1H3,(H2,24,25,28,30). The van der Waals surface area contributed by atoms with Gasteiger partial charge in [-0.3, -0.25) is 19.7 Å². The molecule has 178 valence electrons. The molecule has 10 nitrogen and oxygen atoms in total. The first kappa shape index (κ1) is 22.9. The quantitative estimate of drug-likeness (QED) is 0.645. The molecule has 1 aliphatic carbocycles. The van der Waals surface area contributed by atoms with Crippen molar-refractivity contribution in [2.24, 2.45) is 5.92 Å². The number of hydrogen-bond donors (Lipinski definition) is 2. The monoisotopic (exact) mass is 459 g/mol. The zero-order valence-corrected chi connectivity index (χ0v) is 18.6. The predicted octanol–water partition coefficient (Wildman–Crippen LogP) is 1.90. The van der Waals surface area contributed by atoms with Crippen molar-refractivity contribution >= 4 is 29.5 Å². The van der Waals surface area contributed by atoms with Gasteiger partial charge >= 0.3 is 12.0 Å². The second-order valence-electron chi connectivity index (χ2n) is 8.61. The zero-order valence-electron chi connectivity index (χ0n) is 18.6. The van der Waals surface area contributed by atoms with Gasteiger partial charge in [-0.2, -0.15) is 0 Å². The Hall–Kier alpha value is -3.30. The first-order valence-electron chi connectivity index (χ1n) is 11.4. The van der Waals surface area contributed by atoms with Gasteiger partial charge < -0.3 is 24.4 Å². The Balaban J connectivity index is 1.28. The maximum absolute atomic E-state index is 12.6. The van der Waals surface area contributed by atoms with Crippen LogP contribution in [0.3, 0.4) is 0 Å². The van der Waals surface area contributed by atoms with Crippen LogP contribution in [0.5, 0.6) is 11.5 Å². The molecule has 2 heterocycles. The van der Waals surface area contributed by atoms with E-state index in [9.17, 15) is 19.2 Å². The van der Waals surface area contributed by atoms with Gasteiger partial charge in [0.15, 0.2) is 17.6 Å². The van der Waals surface area contributed by atoms with Gasteiger partial charge in [0.2, 0.25) is 5.91 Å². The first-order valence-corrected chi connectivity index (χ1v) is 11.4. The average Bonchev–Trinajstić information content (AvgIpc) is 3.21. The van der Waals surface area contributed by atoms with Crippen molar-refractivity contribution in [2.45, 2.75) is 57.6 Å². The van der Waals surface area contributed by atoms with Gasteiger partial charge in [0.1, 0.15) is 13.2 Å². The van der Waals surface area contributed by atoms with Crippen molar-refractivity contribution in [2.75, 3.05) is 24.7 Å². The van der Waals surface area contributed by atoms with Crippen LogP contribution in [-0.4, -0.2) is 55.7 Å². The van der Waals surface area contributed by atoms with E-state index in [4.69, 9.17) is 14.2 Å². The van der Waals surface area contributed by atoms with Crippen LogP contribution in [0.1, 0.15) is 45.4 Å². The van der Waals surface area contributed by atoms with Crippen molar-refractivity contribution in [1.29, 1.82) is 0 Å². The highest BCUT2D eigenvalue weighted by Crippen LogP contribution is 2.36. The Kier molecular flexibility index (Phi) is 7.00. The van der Waals surface area contributed by atoms with E-state index in [1.807, 2.05) is 0 Å². The van der Waals surface area contributed by atoms with Crippen molar-refractivity contribution in [3.8, 4) is 11.5 Å². The lowest BCUT2D eigenvalue weighted by atomic mass is 9.96. The molecule has 1 saturated heterocycles. The molecule has 10 heteroatoms. The van der Waals surface area contributed by atoms with Crippen molar-refractivity contribution in [3.63, 3.8) is 0 Å². The fraction of sp³-hybridized carbons (Fsp3) is 0.565. The summed E-state index contributed by atoms with van der Waals surface area (Å²) in [5.41, 5.74) is 0.602. The average molecular weight is 459 g/mol. The molecule has 1 saturated carbocycles. The molecule has 4 rings (SSSR count). The number of imide groups is 1.